The van der Waals surface area contributed by atoms with E-state index in [0.717, 1.165) is 0 Å². The van der Waals surface area contributed by atoms with Crippen LogP contribution in [0.5, 0.6) is 5.75 Å². The molecule has 1 fully saturated rings. The first-order valence-electron chi connectivity index (χ1n) is 10.3. The zero-order chi connectivity index (χ0) is 22.5. The maximum Gasteiger partial charge on any atom is 0.266 e. The minimum atomic E-state index is -0.834. The van der Waals surface area contributed by atoms with Gasteiger partial charge in [0.1, 0.15) is 17.1 Å². The van der Waals surface area contributed by atoms with Crippen molar-refractivity contribution in [1.29, 1.82) is 0 Å². The monoisotopic (exact) mass is 454 g/mol. The van der Waals surface area contributed by atoms with E-state index in [1.54, 1.807) is 36.1 Å². The van der Waals surface area contributed by atoms with Crippen LogP contribution in [0, 0.1) is 0 Å². The van der Waals surface area contributed by atoms with E-state index < -0.39 is 12.0 Å². The van der Waals surface area contributed by atoms with Crippen LogP contribution in [0.2, 0.25) is 5.02 Å². The fraction of sp³-hybridized carbons (Fsp3) is 0.261. The minimum absolute atomic E-state index is 0.214. The summed E-state index contributed by atoms with van der Waals surface area (Å²) in [7, 11) is 0. The zero-order valence-corrected chi connectivity index (χ0v) is 18.3. The summed E-state index contributed by atoms with van der Waals surface area (Å²) in [5.41, 5.74) is 1.02. The molecule has 166 valence electrons. The Bertz CT molecular complexity index is 1100. The molecule has 1 aromatic heterocycles. The molecule has 0 bridgehead atoms. The summed E-state index contributed by atoms with van der Waals surface area (Å²) < 4.78 is 12.6. The Kier molecular flexibility index (Phi) is 6.72. The molecule has 1 unspecified atom stereocenters. The van der Waals surface area contributed by atoms with Gasteiger partial charge in [-0.25, -0.2) is 4.68 Å². The summed E-state index contributed by atoms with van der Waals surface area (Å²) in [4.78, 5) is 27.8. The highest BCUT2D eigenvalue weighted by Gasteiger charge is 2.27. The molecule has 0 radical (unpaired) electrons. The number of rotatable bonds is 6. The van der Waals surface area contributed by atoms with Crippen molar-refractivity contribution in [1.82, 2.24) is 14.7 Å². The molecule has 32 heavy (non-hydrogen) atoms. The first kappa shape index (κ1) is 21.9. The molecule has 8 nitrogen and oxygen atoms in total. The predicted octanol–water partition coefficient (Wildman–Crippen LogP) is 3.40. The number of carbonyl (C=O) groups is 2. The number of para-hydroxylation sites is 1. The van der Waals surface area contributed by atoms with Crippen molar-refractivity contribution in [3.05, 3.63) is 71.4 Å². The molecule has 0 saturated carbocycles. The van der Waals surface area contributed by atoms with Crippen LogP contribution in [0.25, 0.3) is 5.69 Å². The van der Waals surface area contributed by atoms with E-state index in [1.165, 1.54) is 10.9 Å². The van der Waals surface area contributed by atoms with Gasteiger partial charge in [-0.2, -0.15) is 5.10 Å². The van der Waals surface area contributed by atoms with Crippen molar-refractivity contribution >= 4 is 29.2 Å². The summed E-state index contributed by atoms with van der Waals surface area (Å²) in [6.45, 7) is 3.55. The highest BCUT2D eigenvalue weighted by molar-refractivity contribution is 6.30. The smallest absolute Gasteiger partial charge is 0.266 e. The van der Waals surface area contributed by atoms with Crippen molar-refractivity contribution in [2.75, 3.05) is 31.6 Å². The number of nitrogens with one attached hydrogen (secondary N) is 1. The van der Waals surface area contributed by atoms with Gasteiger partial charge in [-0.05, 0) is 37.3 Å². The van der Waals surface area contributed by atoms with E-state index in [2.05, 4.69) is 10.4 Å². The third-order valence-corrected chi connectivity index (χ3v) is 5.25. The molecule has 2 amide bonds. The molecule has 1 saturated heterocycles. The maximum atomic E-state index is 13.2. The van der Waals surface area contributed by atoms with E-state index in [1.807, 2.05) is 30.3 Å². The van der Waals surface area contributed by atoms with Gasteiger partial charge < -0.3 is 19.7 Å². The van der Waals surface area contributed by atoms with Crippen LogP contribution in [0.4, 0.5) is 5.82 Å². The highest BCUT2D eigenvalue weighted by atomic mass is 35.5. The standard InChI is InChI=1S/C23H23ClN4O4/c1-16(32-19-9-5-6-17(24)14-19)22(29)26-21-20(23(30)27-10-12-31-13-11-27)15-25-28(21)18-7-3-2-4-8-18/h2-9,14-16H,10-13H2,1H3,(H,26,29). The molecular formula is C23H23ClN4O4. The zero-order valence-electron chi connectivity index (χ0n) is 17.5. The summed E-state index contributed by atoms with van der Waals surface area (Å²) in [5.74, 6) is 0.133. The highest BCUT2D eigenvalue weighted by Crippen LogP contribution is 2.24. The third kappa shape index (κ3) is 4.92. The van der Waals surface area contributed by atoms with Gasteiger partial charge in [-0.15, -0.1) is 0 Å². The van der Waals surface area contributed by atoms with E-state index in [0.29, 0.717) is 54.1 Å². The summed E-state index contributed by atoms with van der Waals surface area (Å²) in [5, 5.41) is 7.72. The fourth-order valence-electron chi connectivity index (χ4n) is 3.34. The average molecular weight is 455 g/mol. The minimum Gasteiger partial charge on any atom is -0.481 e. The topological polar surface area (TPSA) is 85.7 Å². The van der Waals surface area contributed by atoms with Crippen LogP contribution in [-0.2, 0) is 9.53 Å². The lowest BCUT2D eigenvalue weighted by atomic mass is 10.2. The van der Waals surface area contributed by atoms with Crippen LogP contribution >= 0.6 is 11.6 Å². The molecule has 2 aromatic carbocycles. The first-order valence-corrected chi connectivity index (χ1v) is 10.6. The van der Waals surface area contributed by atoms with Gasteiger partial charge in [-0.1, -0.05) is 35.9 Å². The Balaban J connectivity index is 1.60. The second-order valence-electron chi connectivity index (χ2n) is 7.27. The number of anilines is 1. The molecule has 0 spiro atoms. The number of carbonyl (C=O) groups excluding carboxylic acids is 2. The van der Waals surface area contributed by atoms with E-state index in [4.69, 9.17) is 21.1 Å². The van der Waals surface area contributed by atoms with Gasteiger partial charge in [0, 0.05) is 18.1 Å². The Morgan fingerprint density at radius 3 is 2.59 bits per heavy atom. The van der Waals surface area contributed by atoms with Crippen LogP contribution in [0.15, 0.2) is 60.8 Å². The first-order chi connectivity index (χ1) is 15.5. The van der Waals surface area contributed by atoms with Crippen molar-refractivity contribution in [3.8, 4) is 11.4 Å². The normalized spacial score (nSPS) is 14.6. The van der Waals surface area contributed by atoms with Crippen LogP contribution in [-0.4, -0.2) is 58.9 Å². The second kappa shape index (κ2) is 9.84. The largest absolute Gasteiger partial charge is 0.481 e. The molecule has 1 aliphatic rings. The summed E-state index contributed by atoms with van der Waals surface area (Å²) in [6, 6.07) is 16.1. The number of benzene rings is 2. The lowest BCUT2D eigenvalue weighted by Crippen LogP contribution is -2.41. The second-order valence-corrected chi connectivity index (χ2v) is 7.70. The summed E-state index contributed by atoms with van der Waals surface area (Å²) in [6.07, 6.45) is 0.641. The molecule has 4 rings (SSSR count). The third-order valence-electron chi connectivity index (χ3n) is 5.02. The van der Waals surface area contributed by atoms with E-state index >= 15 is 0 Å². The fourth-order valence-corrected chi connectivity index (χ4v) is 3.52. The Hall–Kier alpha value is -3.36. The van der Waals surface area contributed by atoms with Gasteiger partial charge in [0.25, 0.3) is 11.8 Å². The van der Waals surface area contributed by atoms with E-state index in [-0.39, 0.29) is 5.91 Å². The van der Waals surface area contributed by atoms with E-state index in [9.17, 15) is 9.59 Å². The number of hydrogen-bond acceptors (Lipinski definition) is 5. The lowest BCUT2D eigenvalue weighted by molar-refractivity contribution is -0.122. The van der Waals surface area contributed by atoms with Gasteiger partial charge in [0.2, 0.25) is 0 Å². The molecule has 0 aliphatic carbocycles. The average Bonchev–Trinajstić information content (AvgIpc) is 3.23. The molecule has 3 aromatic rings. The van der Waals surface area contributed by atoms with Crippen molar-refractivity contribution in [3.63, 3.8) is 0 Å². The van der Waals surface area contributed by atoms with Gasteiger partial charge in [0.05, 0.1) is 25.1 Å². The number of amides is 2. The number of aromatic nitrogens is 2. The predicted molar refractivity (Wildman–Crippen MR) is 120 cm³/mol. The Labute approximate surface area is 190 Å². The van der Waals surface area contributed by atoms with Gasteiger partial charge >= 0.3 is 0 Å². The molecule has 1 N–H and O–H groups in total. The number of halogens is 1. The molecule has 1 aliphatic heterocycles. The van der Waals surface area contributed by atoms with Crippen molar-refractivity contribution < 1.29 is 19.1 Å². The van der Waals surface area contributed by atoms with Crippen molar-refractivity contribution in [2.45, 2.75) is 13.0 Å². The SMILES string of the molecule is CC(Oc1cccc(Cl)c1)C(=O)Nc1c(C(=O)N2CCOCC2)cnn1-c1ccccc1. The number of hydrogen-bond donors (Lipinski definition) is 1. The molecular weight excluding hydrogens is 432 g/mol. The van der Waals surface area contributed by atoms with Gasteiger partial charge in [0.15, 0.2) is 6.10 Å². The Morgan fingerprint density at radius 1 is 1.12 bits per heavy atom. The molecule has 2 heterocycles. The van der Waals surface area contributed by atoms with Gasteiger partial charge in [-0.3, -0.25) is 9.59 Å². The number of morpholine rings is 1. The number of ether oxygens (including phenoxy) is 2. The Morgan fingerprint density at radius 2 is 1.88 bits per heavy atom. The van der Waals surface area contributed by atoms with Crippen LogP contribution in [0.3, 0.4) is 0 Å². The van der Waals surface area contributed by atoms with Crippen LogP contribution < -0.4 is 10.1 Å². The molecule has 9 heteroatoms. The van der Waals surface area contributed by atoms with Crippen molar-refractivity contribution in [2.24, 2.45) is 0 Å². The quantitative estimate of drug-likeness (QED) is 0.617. The maximum absolute atomic E-state index is 13.2. The lowest BCUT2D eigenvalue weighted by Gasteiger charge is -2.27. The number of nitrogens with zero attached hydrogens (tertiary/aromatic N) is 3. The van der Waals surface area contributed by atoms with Crippen LogP contribution in [0.1, 0.15) is 17.3 Å². The molecule has 1 atom stereocenters. The summed E-state index contributed by atoms with van der Waals surface area (Å²) >= 11 is 6.00.